The Balaban J connectivity index is 2.12. The number of benzene rings is 1. The minimum Gasteiger partial charge on any atom is -0.507 e. The molecule has 0 fully saturated rings. The molecular formula is C18H22N4O2S. The van der Waals surface area contributed by atoms with Crippen molar-refractivity contribution in [2.45, 2.75) is 20.8 Å². The first kappa shape index (κ1) is 18.9. The van der Waals surface area contributed by atoms with Gasteiger partial charge in [0.1, 0.15) is 21.7 Å². The number of aromatic hydroxyl groups is 1. The molecule has 2 aromatic rings. The van der Waals surface area contributed by atoms with Gasteiger partial charge in [0.15, 0.2) is 0 Å². The van der Waals surface area contributed by atoms with Crippen molar-refractivity contribution >= 4 is 17.2 Å². The molecule has 1 heterocycles. The first-order valence-corrected chi connectivity index (χ1v) is 9.03. The van der Waals surface area contributed by atoms with Gasteiger partial charge in [0.05, 0.1) is 11.3 Å². The molecule has 0 unspecified atom stereocenters. The first-order valence-electron chi connectivity index (χ1n) is 8.21. The summed E-state index contributed by atoms with van der Waals surface area (Å²) in [6.45, 7) is 9.30. The number of nitrogens with zero attached hydrogens (tertiary/aromatic N) is 3. The average Bonchev–Trinajstić information content (AvgIpc) is 3.01. The van der Waals surface area contributed by atoms with Gasteiger partial charge in [-0.15, -0.1) is 11.3 Å². The molecule has 0 spiro atoms. The van der Waals surface area contributed by atoms with Crippen molar-refractivity contribution in [1.29, 1.82) is 5.26 Å². The topological polar surface area (TPSA) is 89.3 Å². The summed E-state index contributed by atoms with van der Waals surface area (Å²) in [5.41, 5.74) is 1.56. The summed E-state index contributed by atoms with van der Waals surface area (Å²) in [6, 6.07) is 6.68. The highest BCUT2D eigenvalue weighted by Gasteiger charge is 2.17. The molecule has 0 atom stereocenters. The van der Waals surface area contributed by atoms with E-state index in [-0.39, 0.29) is 17.2 Å². The second-order valence-electron chi connectivity index (χ2n) is 5.56. The predicted molar refractivity (Wildman–Crippen MR) is 98.8 cm³/mol. The molecule has 0 aliphatic rings. The van der Waals surface area contributed by atoms with Crippen molar-refractivity contribution in [1.82, 2.24) is 15.2 Å². The van der Waals surface area contributed by atoms with Gasteiger partial charge in [0.25, 0.3) is 5.91 Å². The number of phenols is 1. The van der Waals surface area contributed by atoms with Crippen LogP contribution in [-0.2, 0) is 0 Å². The van der Waals surface area contributed by atoms with Crippen LogP contribution in [0.3, 0.4) is 0 Å². The Kier molecular flexibility index (Phi) is 6.51. The van der Waals surface area contributed by atoms with Crippen LogP contribution in [0.25, 0.3) is 10.6 Å². The van der Waals surface area contributed by atoms with Gasteiger partial charge in [-0.25, -0.2) is 4.98 Å². The number of hydrogen-bond donors (Lipinski definition) is 2. The molecule has 2 rings (SSSR count). The van der Waals surface area contributed by atoms with Crippen molar-refractivity contribution in [2.24, 2.45) is 0 Å². The normalized spacial score (nSPS) is 10.7. The van der Waals surface area contributed by atoms with Crippen molar-refractivity contribution in [2.75, 3.05) is 26.2 Å². The lowest BCUT2D eigenvalue weighted by molar-refractivity contribution is 0.0952. The van der Waals surface area contributed by atoms with Gasteiger partial charge in [0, 0.05) is 18.7 Å². The summed E-state index contributed by atoms with van der Waals surface area (Å²) in [5.74, 6) is -0.193. The number of aryl methyl sites for hydroxylation is 1. The van der Waals surface area contributed by atoms with Gasteiger partial charge in [-0.05, 0) is 38.2 Å². The Hall–Kier alpha value is -2.43. The fourth-order valence-electron chi connectivity index (χ4n) is 2.44. The smallest absolute Gasteiger partial charge is 0.263 e. The maximum atomic E-state index is 12.4. The van der Waals surface area contributed by atoms with E-state index in [1.54, 1.807) is 19.1 Å². The van der Waals surface area contributed by atoms with Crippen molar-refractivity contribution in [3.63, 3.8) is 0 Å². The van der Waals surface area contributed by atoms with E-state index < -0.39 is 0 Å². The monoisotopic (exact) mass is 358 g/mol. The van der Waals surface area contributed by atoms with E-state index in [1.807, 2.05) is 6.07 Å². The second-order valence-corrected chi connectivity index (χ2v) is 6.56. The highest BCUT2D eigenvalue weighted by molar-refractivity contribution is 7.17. The number of nitrogens with one attached hydrogen (secondary N) is 1. The Morgan fingerprint density at radius 1 is 1.40 bits per heavy atom. The van der Waals surface area contributed by atoms with Gasteiger partial charge < -0.3 is 15.3 Å². The minimum absolute atomic E-state index is 0.0612. The molecule has 132 valence electrons. The maximum Gasteiger partial charge on any atom is 0.263 e. The van der Waals surface area contributed by atoms with Crippen LogP contribution >= 0.6 is 11.3 Å². The molecule has 6 nitrogen and oxygen atoms in total. The largest absolute Gasteiger partial charge is 0.507 e. The number of rotatable bonds is 7. The summed E-state index contributed by atoms with van der Waals surface area (Å²) in [7, 11) is 0. The van der Waals surface area contributed by atoms with E-state index in [0.717, 1.165) is 19.6 Å². The molecular weight excluding hydrogens is 336 g/mol. The zero-order chi connectivity index (χ0) is 18.4. The van der Waals surface area contributed by atoms with Gasteiger partial charge in [0.2, 0.25) is 0 Å². The lowest BCUT2D eigenvalue weighted by Crippen LogP contribution is -2.34. The predicted octanol–water partition coefficient (Wildman–Crippen LogP) is 2.77. The number of likely N-dealkylation sites (N-methyl/N-ethyl adjacent to an activating group) is 1. The standard InChI is InChI=1S/C18H22N4O2S/c1-4-22(5-2)9-8-20-17(24)16-12(3)21-18(25-16)13-6-7-15(23)14(10-13)11-19/h6-7,10,23H,4-5,8-9H2,1-3H3,(H,20,24). The van der Waals surface area contributed by atoms with Gasteiger partial charge in [-0.1, -0.05) is 13.8 Å². The van der Waals surface area contributed by atoms with E-state index in [0.29, 0.717) is 27.7 Å². The summed E-state index contributed by atoms with van der Waals surface area (Å²) in [5, 5.41) is 22.2. The number of amides is 1. The van der Waals surface area contributed by atoms with E-state index in [4.69, 9.17) is 5.26 Å². The van der Waals surface area contributed by atoms with E-state index in [2.05, 4.69) is 29.0 Å². The molecule has 25 heavy (non-hydrogen) atoms. The number of hydrogen-bond acceptors (Lipinski definition) is 6. The number of carbonyl (C=O) groups is 1. The van der Waals surface area contributed by atoms with Crippen molar-refractivity contribution in [3.05, 3.63) is 34.3 Å². The SMILES string of the molecule is CCN(CC)CCNC(=O)c1sc(-c2ccc(O)c(C#N)c2)nc1C. The molecule has 0 bridgehead atoms. The summed E-state index contributed by atoms with van der Waals surface area (Å²) in [4.78, 5) is 19.6. The Bertz CT molecular complexity index is 791. The molecule has 1 aromatic carbocycles. The maximum absolute atomic E-state index is 12.4. The quantitative estimate of drug-likeness (QED) is 0.794. The van der Waals surface area contributed by atoms with E-state index in [9.17, 15) is 9.90 Å². The van der Waals surface area contributed by atoms with Crippen molar-refractivity contribution < 1.29 is 9.90 Å². The number of nitriles is 1. The molecule has 7 heteroatoms. The van der Waals surface area contributed by atoms with Gasteiger partial charge >= 0.3 is 0 Å². The number of phenolic OH excluding ortho intramolecular Hbond substituents is 1. The van der Waals surface area contributed by atoms with Crippen molar-refractivity contribution in [3.8, 4) is 22.4 Å². The second kappa shape index (κ2) is 8.60. The third-order valence-electron chi connectivity index (χ3n) is 3.97. The third-order valence-corrected chi connectivity index (χ3v) is 5.18. The van der Waals surface area contributed by atoms with Crippen LogP contribution in [0.5, 0.6) is 5.75 Å². The lowest BCUT2D eigenvalue weighted by atomic mass is 10.1. The molecule has 0 saturated carbocycles. The zero-order valence-corrected chi connectivity index (χ0v) is 15.5. The van der Waals surface area contributed by atoms with Crippen LogP contribution in [0.1, 0.15) is 34.8 Å². The zero-order valence-electron chi connectivity index (χ0n) is 14.7. The van der Waals surface area contributed by atoms with Crippen LogP contribution < -0.4 is 5.32 Å². The van der Waals surface area contributed by atoms with Crippen LogP contribution in [0.15, 0.2) is 18.2 Å². The molecule has 0 aliphatic heterocycles. The molecule has 0 radical (unpaired) electrons. The lowest BCUT2D eigenvalue weighted by Gasteiger charge is -2.17. The number of carbonyl (C=O) groups excluding carboxylic acids is 1. The van der Waals surface area contributed by atoms with Gasteiger partial charge in [-0.3, -0.25) is 4.79 Å². The highest BCUT2D eigenvalue weighted by atomic mass is 32.1. The summed E-state index contributed by atoms with van der Waals surface area (Å²) >= 11 is 1.29. The van der Waals surface area contributed by atoms with Gasteiger partial charge in [-0.2, -0.15) is 5.26 Å². The molecule has 0 saturated heterocycles. The van der Waals surface area contributed by atoms with Crippen LogP contribution in [-0.4, -0.2) is 47.1 Å². The number of thiazole rings is 1. The Morgan fingerprint density at radius 2 is 2.12 bits per heavy atom. The minimum atomic E-state index is -0.132. The molecule has 1 amide bonds. The Morgan fingerprint density at radius 3 is 2.76 bits per heavy atom. The molecule has 2 N–H and O–H groups in total. The highest BCUT2D eigenvalue weighted by Crippen LogP contribution is 2.30. The number of aromatic nitrogens is 1. The molecule has 1 aromatic heterocycles. The van der Waals surface area contributed by atoms with E-state index >= 15 is 0 Å². The fourth-order valence-corrected chi connectivity index (χ4v) is 3.42. The first-order chi connectivity index (χ1) is 12.0. The summed E-state index contributed by atoms with van der Waals surface area (Å²) < 4.78 is 0. The van der Waals surface area contributed by atoms with Crippen LogP contribution in [0, 0.1) is 18.3 Å². The third kappa shape index (κ3) is 4.56. The average molecular weight is 358 g/mol. The molecule has 0 aliphatic carbocycles. The van der Waals surface area contributed by atoms with E-state index in [1.165, 1.54) is 17.4 Å². The van der Waals surface area contributed by atoms with Crippen LogP contribution in [0.4, 0.5) is 0 Å². The Labute approximate surface area is 151 Å². The van der Waals surface area contributed by atoms with Crippen LogP contribution in [0.2, 0.25) is 0 Å². The fraction of sp³-hybridized carbons (Fsp3) is 0.389. The summed E-state index contributed by atoms with van der Waals surface area (Å²) in [6.07, 6.45) is 0.